The van der Waals surface area contributed by atoms with Crippen LogP contribution in [0.5, 0.6) is 0 Å². The van der Waals surface area contributed by atoms with Crippen molar-refractivity contribution in [1.82, 2.24) is 15.5 Å². The van der Waals surface area contributed by atoms with Gasteiger partial charge in [0.05, 0.1) is 12.6 Å². The number of rotatable bonds is 9. The molecule has 1 atom stereocenters. The first kappa shape index (κ1) is 17.0. The molecule has 0 fully saturated rings. The molecule has 6 heteroatoms. The molecule has 1 rings (SSSR count). The lowest BCUT2D eigenvalue weighted by atomic mass is 10.1. The number of H-pyrrole nitrogens is 1. The van der Waals surface area contributed by atoms with E-state index in [4.69, 9.17) is 0 Å². The fourth-order valence-corrected chi connectivity index (χ4v) is 2.30. The van der Waals surface area contributed by atoms with Gasteiger partial charge in [0.25, 0.3) is 5.91 Å². The van der Waals surface area contributed by atoms with Gasteiger partial charge < -0.3 is 10.4 Å². The highest BCUT2D eigenvalue weighted by atomic mass is 32.2. The predicted octanol–water partition coefficient (Wildman–Crippen LogP) is 1.84. The molecule has 1 aromatic heterocycles. The second-order valence-corrected chi connectivity index (χ2v) is 6.33. The van der Waals surface area contributed by atoms with Crippen LogP contribution in [0, 0.1) is 5.92 Å². The Morgan fingerprint density at radius 1 is 1.50 bits per heavy atom. The van der Waals surface area contributed by atoms with E-state index in [9.17, 15) is 9.90 Å². The van der Waals surface area contributed by atoms with Crippen LogP contribution in [0.4, 0.5) is 0 Å². The first-order valence-corrected chi connectivity index (χ1v) is 8.41. The minimum atomic E-state index is -0.225. The van der Waals surface area contributed by atoms with E-state index >= 15 is 0 Å². The Labute approximate surface area is 124 Å². The van der Waals surface area contributed by atoms with Gasteiger partial charge in [0.2, 0.25) is 0 Å². The second-order valence-electron chi connectivity index (χ2n) is 5.35. The lowest BCUT2D eigenvalue weighted by molar-refractivity contribution is 0.0910. The van der Waals surface area contributed by atoms with Gasteiger partial charge in [0, 0.05) is 5.69 Å². The zero-order valence-corrected chi connectivity index (χ0v) is 13.3. The molecule has 0 bridgehead atoms. The van der Waals surface area contributed by atoms with Crippen LogP contribution < -0.4 is 5.32 Å². The summed E-state index contributed by atoms with van der Waals surface area (Å²) in [6, 6.07) is 1.59. The summed E-state index contributed by atoms with van der Waals surface area (Å²) in [5, 5.41) is 19.0. The molecule has 0 spiro atoms. The number of aromatic nitrogens is 2. The van der Waals surface area contributed by atoms with E-state index in [2.05, 4.69) is 29.4 Å². The largest absolute Gasteiger partial charge is 0.394 e. The molecule has 0 aliphatic carbocycles. The number of aryl methyl sites for hydroxylation is 1. The Kier molecular flexibility index (Phi) is 7.69. The second kappa shape index (κ2) is 9.02. The van der Waals surface area contributed by atoms with E-state index in [0.717, 1.165) is 30.7 Å². The predicted molar refractivity (Wildman–Crippen MR) is 83.1 cm³/mol. The standard InChI is InChI=1S/C14H25N3O2S/c1-10(2)4-5-11-8-13(17-16-11)14(19)15-12(9-18)6-7-20-3/h8,10,12,18H,4-7,9H2,1-3H3,(H,15,19)(H,16,17)/t12-/m1/s1. The molecule has 1 amide bonds. The fourth-order valence-electron chi connectivity index (χ4n) is 1.78. The molecule has 1 heterocycles. The third-order valence-electron chi connectivity index (χ3n) is 3.08. The van der Waals surface area contributed by atoms with E-state index in [0.29, 0.717) is 11.6 Å². The summed E-state index contributed by atoms with van der Waals surface area (Å²) in [6.45, 7) is 4.29. The molecule has 0 aromatic carbocycles. The summed E-state index contributed by atoms with van der Waals surface area (Å²) in [7, 11) is 0. The molecule has 3 N–H and O–H groups in total. The van der Waals surface area contributed by atoms with Crippen molar-refractivity contribution in [3.63, 3.8) is 0 Å². The number of nitrogens with zero attached hydrogens (tertiary/aromatic N) is 1. The lowest BCUT2D eigenvalue weighted by Gasteiger charge is -2.14. The number of hydrogen-bond acceptors (Lipinski definition) is 4. The average Bonchev–Trinajstić information content (AvgIpc) is 2.89. The van der Waals surface area contributed by atoms with Gasteiger partial charge in [-0.15, -0.1) is 0 Å². The average molecular weight is 299 g/mol. The van der Waals surface area contributed by atoms with Crippen molar-refractivity contribution in [2.45, 2.75) is 39.2 Å². The summed E-state index contributed by atoms with van der Waals surface area (Å²) in [4.78, 5) is 12.0. The Bertz CT molecular complexity index is 407. The van der Waals surface area contributed by atoms with Crippen LogP contribution in [-0.2, 0) is 6.42 Å². The lowest BCUT2D eigenvalue weighted by Crippen LogP contribution is -2.38. The van der Waals surface area contributed by atoms with Gasteiger partial charge in [-0.1, -0.05) is 13.8 Å². The van der Waals surface area contributed by atoms with Crippen molar-refractivity contribution in [1.29, 1.82) is 0 Å². The van der Waals surface area contributed by atoms with E-state index < -0.39 is 0 Å². The number of amides is 1. The normalized spacial score (nSPS) is 12.7. The maximum Gasteiger partial charge on any atom is 0.272 e. The summed E-state index contributed by atoms with van der Waals surface area (Å²) in [5.41, 5.74) is 1.37. The summed E-state index contributed by atoms with van der Waals surface area (Å²) < 4.78 is 0. The van der Waals surface area contributed by atoms with Crippen LogP contribution in [-0.4, -0.2) is 45.9 Å². The van der Waals surface area contributed by atoms with Crippen LogP contribution in [0.2, 0.25) is 0 Å². The topological polar surface area (TPSA) is 78.0 Å². The molecule has 20 heavy (non-hydrogen) atoms. The highest BCUT2D eigenvalue weighted by molar-refractivity contribution is 7.98. The number of aliphatic hydroxyl groups excluding tert-OH is 1. The zero-order chi connectivity index (χ0) is 15.0. The number of aliphatic hydroxyl groups is 1. The molecule has 0 saturated carbocycles. The third-order valence-corrected chi connectivity index (χ3v) is 3.72. The molecular weight excluding hydrogens is 274 g/mol. The summed E-state index contributed by atoms with van der Waals surface area (Å²) in [6.07, 6.45) is 4.73. The van der Waals surface area contributed by atoms with Crippen molar-refractivity contribution in [3.05, 3.63) is 17.5 Å². The Morgan fingerprint density at radius 2 is 2.25 bits per heavy atom. The minimum Gasteiger partial charge on any atom is -0.394 e. The Balaban J connectivity index is 2.50. The first-order chi connectivity index (χ1) is 9.56. The van der Waals surface area contributed by atoms with Gasteiger partial charge >= 0.3 is 0 Å². The van der Waals surface area contributed by atoms with Crippen LogP contribution >= 0.6 is 11.8 Å². The van der Waals surface area contributed by atoms with Crippen LogP contribution in [0.3, 0.4) is 0 Å². The van der Waals surface area contributed by atoms with Crippen molar-refractivity contribution < 1.29 is 9.90 Å². The SMILES string of the molecule is CSCC[C@H](CO)NC(=O)c1cc(CCC(C)C)[nH]n1. The van der Waals surface area contributed by atoms with E-state index in [-0.39, 0.29) is 18.6 Å². The zero-order valence-electron chi connectivity index (χ0n) is 12.5. The highest BCUT2D eigenvalue weighted by Crippen LogP contribution is 2.08. The minimum absolute atomic E-state index is 0.0447. The van der Waals surface area contributed by atoms with Gasteiger partial charge in [-0.2, -0.15) is 16.9 Å². The van der Waals surface area contributed by atoms with Crippen molar-refractivity contribution in [3.8, 4) is 0 Å². The van der Waals surface area contributed by atoms with E-state index in [1.807, 2.05) is 6.26 Å². The Hall–Kier alpha value is -1.01. The molecular formula is C14H25N3O2S. The van der Waals surface area contributed by atoms with E-state index in [1.54, 1.807) is 17.8 Å². The maximum absolute atomic E-state index is 12.0. The molecule has 0 radical (unpaired) electrons. The fraction of sp³-hybridized carbons (Fsp3) is 0.714. The van der Waals surface area contributed by atoms with Crippen molar-refractivity contribution in [2.24, 2.45) is 5.92 Å². The number of carbonyl (C=O) groups excluding carboxylic acids is 1. The Morgan fingerprint density at radius 3 is 2.85 bits per heavy atom. The van der Waals surface area contributed by atoms with Gasteiger partial charge in [-0.25, -0.2) is 0 Å². The molecule has 0 unspecified atom stereocenters. The summed E-state index contributed by atoms with van der Waals surface area (Å²) in [5.74, 6) is 1.31. The molecule has 5 nitrogen and oxygen atoms in total. The van der Waals surface area contributed by atoms with Crippen LogP contribution in [0.25, 0.3) is 0 Å². The van der Waals surface area contributed by atoms with E-state index in [1.165, 1.54) is 0 Å². The maximum atomic E-state index is 12.0. The number of nitrogens with one attached hydrogen (secondary N) is 2. The molecule has 1 aromatic rings. The smallest absolute Gasteiger partial charge is 0.272 e. The van der Waals surface area contributed by atoms with Crippen molar-refractivity contribution in [2.75, 3.05) is 18.6 Å². The van der Waals surface area contributed by atoms with Gasteiger partial charge in [0.15, 0.2) is 0 Å². The molecule has 0 saturated heterocycles. The number of carbonyl (C=O) groups is 1. The first-order valence-electron chi connectivity index (χ1n) is 7.01. The van der Waals surface area contributed by atoms with Crippen molar-refractivity contribution >= 4 is 17.7 Å². The molecule has 0 aliphatic rings. The molecule has 0 aliphatic heterocycles. The number of hydrogen-bond donors (Lipinski definition) is 3. The van der Waals surface area contributed by atoms with Gasteiger partial charge in [-0.05, 0) is 43.3 Å². The number of aromatic amines is 1. The number of thioether (sulfide) groups is 1. The highest BCUT2D eigenvalue weighted by Gasteiger charge is 2.15. The van der Waals surface area contributed by atoms with Gasteiger partial charge in [0.1, 0.15) is 5.69 Å². The molecule has 114 valence electrons. The van der Waals surface area contributed by atoms with Crippen LogP contribution in [0.1, 0.15) is 42.9 Å². The quantitative estimate of drug-likeness (QED) is 0.650. The summed E-state index contributed by atoms with van der Waals surface area (Å²) >= 11 is 1.70. The third kappa shape index (κ3) is 5.96. The van der Waals surface area contributed by atoms with Crippen LogP contribution in [0.15, 0.2) is 6.07 Å². The van der Waals surface area contributed by atoms with Gasteiger partial charge in [-0.3, -0.25) is 9.89 Å². The monoisotopic (exact) mass is 299 g/mol.